The maximum atomic E-state index is 5.98. The molecular formula is C13H11ClN4. The van der Waals surface area contributed by atoms with Crippen LogP contribution in [0.5, 0.6) is 0 Å². The summed E-state index contributed by atoms with van der Waals surface area (Å²) >= 11 is 5.98. The standard InChI is InChI=1S/C13H11ClN4/c1-8-9(2)18(7-15-8)12-10-5-3-4-6-11(10)16-13(14)17-12/h3-7H,1-2H3. The first-order chi connectivity index (χ1) is 8.66. The summed E-state index contributed by atoms with van der Waals surface area (Å²) in [6, 6.07) is 7.80. The molecule has 0 bridgehead atoms. The molecule has 0 saturated carbocycles. The second-order valence-corrected chi connectivity index (χ2v) is 4.46. The van der Waals surface area contributed by atoms with Crippen molar-refractivity contribution in [3.05, 3.63) is 47.3 Å². The van der Waals surface area contributed by atoms with Crippen molar-refractivity contribution in [3.63, 3.8) is 0 Å². The zero-order valence-corrected chi connectivity index (χ0v) is 10.8. The van der Waals surface area contributed by atoms with Gasteiger partial charge in [0.1, 0.15) is 6.33 Å². The van der Waals surface area contributed by atoms with Crippen LogP contribution in [0.15, 0.2) is 30.6 Å². The van der Waals surface area contributed by atoms with Crippen LogP contribution in [0.25, 0.3) is 16.7 Å². The van der Waals surface area contributed by atoms with Gasteiger partial charge in [-0.2, -0.15) is 4.98 Å². The van der Waals surface area contributed by atoms with Gasteiger partial charge >= 0.3 is 0 Å². The number of aromatic nitrogens is 4. The Kier molecular flexibility index (Phi) is 2.52. The molecule has 0 spiro atoms. The summed E-state index contributed by atoms with van der Waals surface area (Å²) in [4.78, 5) is 12.8. The van der Waals surface area contributed by atoms with Crippen LogP contribution >= 0.6 is 11.6 Å². The van der Waals surface area contributed by atoms with E-state index in [0.29, 0.717) is 0 Å². The van der Waals surface area contributed by atoms with Gasteiger partial charge in [-0.3, -0.25) is 4.57 Å². The summed E-state index contributed by atoms with van der Waals surface area (Å²) < 4.78 is 1.94. The van der Waals surface area contributed by atoms with Gasteiger partial charge in [-0.15, -0.1) is 0 Å². The fourth-order valence-corrected chi connectivity index (χ4v) is 2.10. The molecule has 0 aliphatic carbocycles. The van der Waals surface area contributed by atoms with E-state index in [4.69, 9.17) is 11.6 Å². The van der Waals surface area contributed by atoms with Crippen LogP contribution in [-0.2, 0) is 0 Å². The lowest BCUT2D eigenvalue weighted by Crippen LogP contribution is -2.01. The van der Waals surface area contributed by atoms with E-state index in [9.17, 15) is 0 Å². The van der Waals surface area contributed by atoms with E-state index < -0.39 is 0 Å². The van der Waals surface area contributed by atoms with Crippen molar-refractivity contribution in [1.82, 2.24) is 19.5 Å². The Hall–Kier alpha value is -1.94. The van der Waals surface area contributed by atoms with Crippen LogP contribution in [0.4, 0.5) is 0 Å². The minimum atomic E-state index is 0.245. The molecule has 3 rings (SSSR count). The maximum Gasteiger partial charge on any atom is 0.224 e. The van der Waals surface area contributed by atoms with Gasteiger partial charge in [-0.1, -0.05) is 12.1 Å². The van der Waals surface area contributed by atoms with Crippen molar-refractivity contribution >= 4 is 22.5 Å². The zero-order chi connectivity index (χ0) is 12.7. The molecule has 90 valence electrons. The minimum absolute atomic E-state index is 0.245. The van der Waals surface area contributed by atoms with E-state index in [2.05, 4.69) is 15.0 Å². The Morgan fingerprint density at radius 2 is 1.89 bits per heavy atom. The highest BCUT2D eigenvalue weighted by Crippen LogP contribution is 2.22. The highest BCUT2D eigenvalue weighted by Gasteiger charge is 2.11. The van der Waals surface area contributed by atoms with E-state index in [-0.39, 0.29) is 5.28 Å². The second-order valence-electron chi connectivity index (χ2n) is 4.12. The fraction of sp³-hybridized carbons (Fsp3) is 0.154. The van der Waals surface area contributed by atoms with Crippen molar-refractivity contribution in [2.24, 2.45) is 0 Å². The first-order valence-electron chi connectivity index (χ1n) is 5.60. The predicted octanol–water partition coefficient (Wildman–Crippen LogP) is 3.09. The number of aryl methyl sites for hydroxylation is 1. The first-order valence-corrected chi connectivity index (χ1v) is 5.98. The van der Waals surface area contributed by atoms with E-state index in [1.54, 1.807) is 6.33 Å². The Balaban J connectivity index is 2.38. The van der Waals surface area contributed by atoms with Gasteiger partial charge < -0.3 is 0 Å². The molecule has 0 saturated heterocycles. The third-order valence-corrected chi connectivity index (χ3v) is 3.20. The molecule has 5 heteroatoms. The Labute approximate surface area is 109 Å². The molecule has 0 atom stereocenters. The van der Waals surface area contributed by atoms with Crippen LogP contribution in [0.3, 0.4) is 0 Å². The number of para-hydroxylation sites is 1. The van der Waals surface area contributed by atoms with Crippen molar-refractivity contribution in [2.45, 2.75) is 13.8 Å². The summed E-state index contributed by atoms with van der Waals surface area (Å²) in [5.41, 5.74) is 2.86. The average molecular weight is 259 g/mol. The van der Waals surface area contributed by atoms with Gasteiger partial charge in [0.25, 0.3) is 0 Å². The molecule has 0 radical (unpaired) electrons. The summed E-state index contributed by atoms with van der Waals surface area (Å²) in [7, 11) is 0. The predicted molar refractivity (Wildman–Crippen MR) is 71.1 cm³/mol. The summed E-state index contributed by atoms with van der Waals surface area (Å²) in [6.45, 7) is 3.98. The Morgan fingerprint density at radius 3 is 2.61 bits per heavy atom. The number of hydrogen-bond acceptors (Lipinski definition) is 3. The van der Waals surface area contributed by atoms with Crippen LogP contribution in [0.1, 0.15) is 11.4 Å². The monoisotopic (exact) mass is 258 g/mol. The van der Waals surface area contributed by atoms with Crippen molar-refractivity contribution in [3.8, 4) is 5.82 Å². The zero-order valence-electron chi connectivity index (χ0n) is 10.1. The number of halogens is 1. The molecule has 4 nitrogen and oxygen atoms in total. The minimum Gasteiger partial charge on any atom is -0.287 e. The molecule has 0 aliphatic heterocycles. The average Bonchev–Trinajstić information content (AvgIpc) is 2.69. The van der Waals surface area contributed by atoms with Gasteiger partial charge in [0.05, 0.1) is 11.2 Å². The highest BCUT2D eigenvalue weighted by molar-refractivity contribution is 6.28. The van der Waals surface area contributed by atoms with Crippen LogP contribution in [0, 0.1) is 13.8 Å². The van der Waals surface area contributed by atoms with Crippen molar-refractivity contribution in [1.29, 1.82) is 0 Å². The van der Waals surface area contributed by atoms with E-state index >= 15 is 0 Å². The van der Waals surface area contributed by atoms with Crippen LogP contribution in [0.2, 0.25) is 5.28 Å². The molecule has 2 heterocycles. The van der Waals surface area contributed by atoms with Gasteiger partial charge in [-0.25, -0.2) is 9.97 Å². The number of benzene rings is 1. The quantitative estimate of drug-likeness (QED) is 0.630. The molecule has 3 aromatic rings. The normalized spacial score (nSPS) is 11.1. The second kappa shape index (κ2) is 4.07. The van der Waals surface area contributed by atoms with Crippen LogP contribution in [-0.4, -0.2) is 19.5 Å². The number of fused-ring (bicyclic) bond motifs is 1. The van der Waals surface area contributed by atoms with Crippen LogP contribution < -0.4 is 0 Å². The largest absolute Gasteiger partial charge is 0.287 e. The number of imidazole rings is 1. The maximum absolute atomic E-state index is 5.98. The molecule has 0 unspecified atom stereocenters. The molecule has 0 aliphatic rings. The fourth-order valence-electron chi connectivity index (χ4n) is 1.93. The topological polar surface area (TPSA) is 43.6 Å². The number of nitrogens with zero attached hydrogens (tertiary/aromatic N) is 4. The van der Waals surface area contributed by atoms with Gasteiger partial charge in [0.2, 0.25) is 5.28 Å². The summed E-state index contributed by atoms with van der Waals surface area (Å²) in [5, 5.41) is 1.21. The lowest BCUT2D eigenvalue weighted by molar-refractivity contribution is 0.953. The highest BCUT2D eigenvalue weighted by atomic mass is 35.5. The molecule has 0 N–H and O–H groups in total. The first kappa shape index (κ1) is 11.2. The molecule has 2 aromatic heterocycles. The molecule has 1 aromatic carbocycles. The number of hydrogen-bond donors (Lipinski definition) is 0. The lowest BCUT2D eigenvalue weighted by Gasteiger charge is -2.08. The lowest BCUT2D eigenvalue weighted by atomic mass is 10.2. The van der Waals surface area contributed by atoms with Gasteiger partial charge in [-0.05, 0) is 37.6 Å². The third-order valence-electron chi connectivity index (χ3n) is 3.04. The molecular weight excluding hydrogens is 248 g/mol. The summed E-state index contributed by atoms with van der Waals surface area (Å²) in [5.74, 6) is 0.767. The smallest absolute Gasteiger partial charge is 0.224 e. The van der Waals surface area contributed by atoms with Gasteiger partial charge in [0, 0.05) is 11.1 Å². The van der Waals surface area contributed by atoms with Crippen molar-refractivity contribution < 1.29 is 0 Å². The van der Waals surface area contributed by atoms with E-state index in [0.717, 1.165) is 28.1 Å². The molecule has 0 fully saturated rings. The Bertz CT molecular complexity index is 733. The van der Waals surface area contributed by atoms with Gasteiger partial charge in [0.15, 0.2) is 5.82 Å². The molecule has 0 amide bonds. The van der Waals surface area contributed by atoms with E-state index in [1.165, 1.54) is 0 Å². The third kappa shape index (κ3) is 1.66. The summed E-state index contributed by atoms with van der Waals surface area (Å²) in [6.07, 6.45) is 1.76. The number of rotatable bonds is 1. The molecule has 18 heavy (non-hydrogen) atoms. The Morgan fingerprint density at radius 1 is 1.11 bits per heavy atom. The van der Waals surface area contributed by atoms with E-state index in [1.807, 2.05) is 42.7 Å². The van der Waals surface area contributed by atoms with Crippen molar-refractivity contribution in [2.75, 3.05) is 0 Å². The SMILES string of the molecule is Cc1ncn(-c2nc(Cl)nc3ccccc23)c1C.